The number of hydrogen-bond donors (Lipinski definition) is 1. The molecule has 42 heavy (non-hydrogen) atoms. The highest BCUT2D eigenvalue weighted by Gasteiger charge is 2.45. The second-order valence-corrected chi connectivity index (χ2v) is 10.8. The highest BCUT2D eigenvalue weighted by Crippen LogP contribution is 2.29. The summed E-state index contributed by atoms with van der Waals surface area (Å²) in [6.07, 6.45) is 0.353. The minimum absolute atomic E-state index is 0.0716. The largest absolute Gasteiger partial charge is 0.497 e. The van der Waals surface area contributed by atoms with E-state index in [1.54, 1.807) is 60.4 Å². The Bertz CT molecular complexity index is 1400. The van der Waals surface area contributed by atoms with Crippen molar-refractivity contribution in [2.75, 3.05) is 46.9 Å². The van der Waals surface area contributed by atoms with E-state index >= 15 is 0 Å². The third kappa shape index (κ3) is 6.41. The first-order valence-electron chi connectivity index (χ1n) is 14.3. The van der Waals surface area contributed by atoms with Gasteiger partial charge in [-0.1, -0.05) is 29.8 Å². The van der Waals surface area contributed by atoms with Crippen molar-refractivity contribution in [3.05, 3.63) is 95.1 Å². The third-order valence-electron chi connectivity index (χ3n) is 8.08. The monoisotopic (exact) mass is 570 g/mol. The van der Waals surface area contributed by atoms with Crippen LogP contribution in [0.1, 0.15) is 38.3 Å². The van der Waals surface area contributed by atoms with E-state index in [0.29, 0.717) is 61.8 Å². The van der Waals surface area contributed by atoms with Gasteiger partial charge in [0, 0.05) is 50.4 Å². The molecule has 0 spiro atoms. The average Bonchev–Trinajstić information content (AvgIpc) is 3.48. The molecule has 0 aliphatic carbocycles. The number of piperazine rings is 1. The molecule has 0 bridgehead atoms. The maximum absolute atomic E-state index is 14.1. The summed E-state index contributed by atoms with van der Waals surface area (Å²) in [6.45, 7) is 5.13. The number of likely N-dealkylation sites (tertiary alicyclic amines) is 1. The zero-order chi connectivity index (χ0) is 29.6. The first kappa shape index (κ1) is 29.1. The molecular formula is C33H38N4O5. The van der Waals surface area contributed by atoms with Gasteiger partial charge in [-0.05, 0) is 67.4 Å². The summed E-state index contributed by atoms with van der Waals surface area (Å²) in [6, 6.07) is 21.0. The summed E-state index contributed by atoms with van der Waals surface area (Å²) in [5, 5.41) is 3.28. The molecule has 220 valence electrons. The van der Waals surface area contributed by atoms with Crippen LogP contribution in [-0.2, 0) is 11.3 Å². The van der Waals surface area contributed by atoms with Crippen molar-refractivity contribution < 1.29 is 23.9 Å². The van der Waals surface area contributed by atoms with Gasteiger partial charge >= 0.3 is 0 Å². The molecule has 1 N–H and O–H groups in total. The fourth-order valence-electron chi connectivity index (χ4n) is 5.69. The number of methoxy groups -OCH3 is 2. The van der Waals surface area contributed by atoms with Crippen LogP contribution in [0.3, 0.4) is 0 Å². The minimum atomic E-state index is -0.668. The maximum atomic E-state index is 14.1. The van der Waals surface area contributed by atoms with Crippen LogP contribution in [0, 0.1) is 6.92 Å². The quantitative estimate of drug-likeness (QED) is 0.447. The van der Waals surface area contributed by atoms with Crippen LogP contribution in [0.5, 0.6) is 11.5 Å². The van der Waals surface area contributed by atoms with Crippen LogP contribution >= 0.6 is 0 Å². The Morgan fingerprint density at radius 2 is 1.55 bits per heavy atom. The van der Waals surface area contributed by atoms with Gasteiger partial charge in [-0.2, -0.15) is 0 Å². The number of benzene rings is 3. The van der Waals surface area contributed by atoms with Gasteiger partial charge in [-0.15, -0.1) is 0 Å². The summed E-state index contributed by atoms with van der Waals surface area (Å²) < 4.78 is 10.7. The molecule has 5 rings (SSSR count). The van der Waals surface area contributed by atoms with E-state index in [1.165, 1.54) is 0 Å². The molecule has 3 aromatic carbocycles. The summed E-state index contributed by atoms with van der Waals surface area (Å²) in [5.41, 5.74) is 2.98. The van der Waals surface area contributed by atoms with Crippen LogP contribution in [0.25, 0.3) is 0 Å². The molecule has 3 aromatic rings. The van der Waals surface area contributed by atoms with Crippen LogP contribution in [0.4, 0.5) is 0 Å². The Hall–Kier alpha value is -4.37. The molecule has 2 saturated heterocycles. The van der Waals surface area contributed by atoms with Gasteiger partial charge in [-0.25, -0.2) is 0 Å². The fraction of sp³-hybridized carbons (Fsp3) is 0.364. The second kappa shape index (κ2) is 13.1. The number of nitrogens with zero attached hydrogens (tertiary/aromatic N) is 3. The number of rotatable bonds is 8. The Morgan fingerprint density at radius 3 is 2.21 bits per heavy atom. The van der Waals surface area contributed by atoms with Crippen molar-refractivity contribution in [2.45, 2.75) is 32.0 Å². The smallest absolute Gasteiger partial charge is 0.254 e. The molecule has 2 heterocycles. The molecule has 3 amide bonds. The molecule has 0 saturated carbocycles. The highest BCUT2D eigenvalue weighted by molar-refractivity contribution is 5.99. The van der Waals surface area contributed by atoms with Gasteiger partial charge in [0.05, 0.1) is 20.3 Å². The normalized spacial score (nSPS) is 18.5. The maximum Gasteiger partial charge on any atom is 0.254 e. The Morgan fingerprint density at radius 1 is 0.881 bits per heavy atom. The van der Waals surface area contributed by atoms with E-state index in [9.17, 15) is 14.4 Å². The van der Waals surface area contributed by atoms with Crippen molar-refractivity contribution in [1.29, 1.82) is 0 Å². The lowest BCUT2D eigenvalue weighted by atomic mass is 10.1. The summed E-state index contributed by atoms with van der Waals surface area (Å²) >= 11 is 0. The number of amides is 3. The molecule has 2 atom stereocenters. The van der Waals surface area contributed by atoms with E-state index in [-0.39, 0.29) is 30.3 Å². The molecule has 9 heteroatoms. The zero-order valence-corrected chi connectivity index (χ0v) is 24.4. The van der Waals surface area contributed by atoms with Crippen molar-refractivity contribution in [2.24, 2.45) is 0 Å². The van der Waals surface area contributed by atoms with Gasteiger partial charge < -0.3 is 29.5 Å². The van der Waals surface area contributed by atoms with Crippen LogP contribution < -0.4 is 14.8 Å². The third-order valence-corrected chi connectivity index (χ3v) is 8.08. The van der Waals surface area contributed by atoms with Crippen LogP contribution in [0.15, 0.2) is 72.8 Å². The number of nitrogens with one attached hydrogen (secondary N) is 1. The zero-order valence-electron chi connectivity index (χ0n) is 24.4. The van der Waals surface area contributed by atoms with Crippen LogP contribution in [-0.4, -0.2) is 91.4 Å². The molecular weight excluding hydrogens is 532 g/mol. The van der Waals surface area contributed by atoms with Crippen molar-refractivity contribution >= 4 is 17.7 Å². The highest BCUT2D eigenvalue weighted by atomic mass is 16.5. The van der Waals surface area contributed by atoms with Gasteiger partial charge in [0.1, 0.15) is 17.5 Å². The van der Waals surface area contributed by atoms with Crippen molar-refractivity contribution in [1.82, 2.24) is 20.0 Å². The Labute approximate surface area is 247 Å². The predicted octanol–water partition coefficient (Wildman–Crippen LogP) is 3.37. The predicted molar refractivity (Wildman–Crippen MR) is 160 cm³/mol. The van der Waals surface area contributed by atoms with E-state index in [4.69, 9.17) is 9.47 Å². The molecule has 2 unspecified atom stereocenters. The lowest BCUT2D eigenvalue weighted by Crippen LogP contribution is -2.53. The van der Waals surface area contributed by atoms with Gasteiger partial charge in [0.15, 0.2) is 0 Å². The van der Waals surface area contributed by atoms with E-state index in [1.807, 2.05) is 48.2 Å². The average molecular weight is 571 g/mol. The minimum Gasteiger partial charge on any atom is -0.497 e. The first-order chi connectivity index (χ1) is 20.4. The number of ether oxygens (including phenoxy) is 2. The van der Waals surface area contributed by atoms with Gasteiger partial charge in [0.2, 0.25) is 5.91 Å². The SMILES string of the molecule is COc1ccc(C(=O)N(Cc2cccc(OC)c2)C2CC(C(=O)N3CCNCC3)N(C(=O)c3ccc(C)cc3)C2)cc1. The van der Waals surface area contributed by atoms with E-state index in [0.717, 1.165) is 11.1 Å². The summed E-state index contributed by atoms with van der Waals surface area (Å²) in [7, 11) is 3.19. The fourth-order valence-corrected chi connectivity index (χ4v) is 5.69. The lowest BCUT2D eigenvalue weighted by molar-refractivity contribution is -0.135. The molecule has 0 aromatic heterocycles. The van der Waals surface area contributed by atoms with Gasteiger partial charge in [0.25, 0.3) is 11.8 Å². The molecule has 9 nitrogen and oxygen atoms in total. The van der Waals surface area contributed by atoms with Crippen molar-refractivity contribution in [3.63, 3.8) is 0 Å². The molecule has 0 radical (unpaired) electrons. The Balaban J connectivity index is 1.49. The first-order valence-corrected chi connectivity index (χ1v) is 14.3. The van der Waals surface area contributed by atoms with Crippen LogP contribution in [0.2, 0.25) is 0 Å². The standard InChI is InChI=1S/C33H38N4O5/c1-23-7-9-25(10-8-23)32(39)37-22-27(20-30(37)33(40)35-17-15-34-16-18-35)36(21-24-5-4-6-29(19-24)42-3)31(38)26-11-13-28(41-2)14-12-26/h4-14,19,27,30,34H,15-18,20-22H2,1-3H3. The second-order valence-electron chi connectivity index (χ2n) is 10.8. The topological polar surface area (TPSA) is 91.4 Å². The summed E-state index contributed by atoms with van der Waals surface area (Å²) in [5.74, 6) is 0.896. The molecule has 2 aliphatic rings. The lowest BCUT2D eigenvalue weighted by Gasteiger charge is -2.32. The van der Waals surface area contributed by atoms with Crippen molar-refractivity contribution in [3.8, 4) is 11.5 Å². The summed E-state index contributed by atoms with van der Waals surface area (Å²) in [4.78, 5) is 47.2. The number of hydrogen-bond acceptors (Lipinski definition) is 6. The molecule has 2 fully saturated rings. The number of aryl methyl sites for hydroxylation is 1. The van der Waals surface area contributed by atoms with E-state index in [2.05, 4.69) is 5.32 Å². The molecule has 2 aliphatic heterocycles. The Kier molecular flexibility index (Phi) is 9.07. The van der Waals surface area contributed by atoms with E-state index < -0.39 is 6.04 Å². The van der Waals surface area contributed by atoms with Gasteiger partial charge in [-0.3, -0.25) is 14.4 Å². The number of carbonyl (C=O) groups excluding carboxylic acids is 3. The number of carbonyl (C=O) groups is 3.